The van der Waals surface area contributed by atoms with Gasteiger partial charge < -0.3 is 9.74 Å². The minimum absolute atomic E-state index is 0.219. The fourth-order valence-electron chi connectivity index (χ4n) is 3.38. The number of nitrogens with zero attached hydrogens (tertiary/aromatic N) is 7. The van der Waals surface area contributed by atoms with Gasteiger partial charge in [0.05, 0.1) is 5.71 Å². The van der Waals surface area contributed by atoms with Crippen molar-refractivity contribution in [1.29, 1.82) is 0 Å². The Morgan fingerprint density at radius 2 is 2.08 bits per heavy atom. The molecule has 0 spiro atoms. The largest absolute Gasteiger partial charge is 0.391 e. The Labute approximate surface area is 141 Å². The maximum absolute atomic E-state index is 5.54. The SMILES string of the molecule is CCC1=NOC(CN2CCN(c3cc(C)nc4ncnn34)CC2)C1. The van der Waals surface area contributed by atoms with Crippen LogP contribution in [0.1, 0.15) is 25.5 Å². The number of anilines is 1. The fourth-order valence-corrected chi connectivity index (χ4v) is 3.38. The van der Waals surface area contributed by atoms with E-state index in [4.69, 9.17) is 4.84 Å². The van der Waals surface area contributed by atoms with Crippen molar-refractivity contribution in [3.63, 3.8) is 0 Å². The molecule has 2 aliphatic rings. The van der Waals surface area contributed by atoms with E-state index in [1.807, 2.05) is 11.4 Å². The van der Waals surface area contributed by atoms with Gasteiger partial charge in [-0.1, -0.05) is 12.1 Å². The Balaban J connectivity index is 1.38. The number of fused-ring (bicyclic) bond motifs is 1. The molecular formula is C16H23N7O. The lowest BCUT2D eigenvalue weighted by Gasteiger charge is -2.36. The van der Waals surface area contributed by atoms with Crippen molar-refractivity contribution in [2.24, 2.45) is 5.16 Å². The molecule has 1 unspecified atom stereocenters. The van der Waals surface area contributed by atoms with Crippen LogP contribution in [0.4, 0.5) is 5.82 Å². The van der Waals surface area contributed by atoms with Crippen LogP contribution in [0.3, 0.4) is 0 Å². The van der Waals surface area contributed by atoms with Crippen LogP contribution in [0.15, 0.2) is 17.5 Å². The van der Waals surface area contributed by atoms with Gasteiger partial charge in [0.25, 0.3) is 5.78 Å². The van der Waals surface area contributed by atoms with Crippen LogP contribution >= 0.6 is 0 Å². The molecule has 0 N–H and O–H groups in total. The Hall–Kier alpha value is -2.22. The Morgan fingerprint density at radius 1 is 1.25 bits per heavy atom. The minimum Gasteiger partial charge on any atom is -0.391 e. The zero-order chi connectivity index (χ0) is 16.5. The van der Waals surface area contributed by atoms with Crippen molar-refractivity contribution in [3.8, 4) is 0 Å². The molecule has 1 atom stereocenters. The normalized spacial score (nSPS) is 22.0. The van der Waals surface area contributed by atoms with E-state index in [9.17, 15) is 0 Å². The van der Waals surface area contributed by atoms with E-state index >= 15 is 0 Å². The Bertz CT molecular complexity index is 748. The first-order chi connectivity index (χ1) is 11.7. The predicted octanol–water partition coefficient (Wildman–Crippen LogP) is 1.11. The molecule has 0 aliphatic carbocycles. The lowest BCUT2D eigenvalue weighted by Crippen LogP contribution is -2.49. The van der Waals surface area contributed by atoms with Crippen molar-refractivity contribution in [2.75, 3.05) is 37.6 Å². The first kappa shape index (κ1) is 15.3. The van der Waals surface area contributed by atoms with Crippen molar-refractivity contribution in [2.45, 2.75) is 32.8 Å². The van der Waals surface area contributed by atoms with Gasteiger partial charge in [0.1, 0.15) is 18.2 Å². The monoisotopic (exact) mass is 329 g/mol. The Morgan fingerprint density at radius 3 is 2.83 bits per heavy atom. The molecule has 0 radical (unpaired) electrons. The summed E-state index contributed by atoms with van der Waals surface area (Å²) in [6, 6.07) is 2.08. The Kier molecular flexibility index (Phi) is 4.05. The third-order valence-electron chi connectivity index (χ3n) is 4.72. The van der Waals surface area contributed by atoms with Crippen molar-refractivity contribution >= 4 is 17.3 Å². The maximum Gasteiger partial charge on any atom is 0.254 e. The molecule has 24 heavy (non-hydrogen) atoms. The van der Waals surface area contributed by atoms with E-state index in [0.717, 1.165) is 57.1 Å². The summed E-state index contributed by atoms with van der Waals surface area (Å²) in [5.74, 6) is 1.74. The van der Waals surface area contributed by atoms with Crippen LogP contribution in [0.2, 0.25) is 0 Å². The summed E-state index contributed by atoms with van der Waals surface area (Å²) in [4.78, 5) is 19.0. The highest BCUT2D eigenvalue weighted by Crippen LogP contribution is 2.19. The first-order valence-corrected chi connectivity index (χ1v) is 8.59. The summed E-state index contributed by atoms with van der Waals surface area (Å²) in [5, 5.41) is 8.46. The van der Waals surface area contributed by atoms with Gasteiger partial charge in [-0.05, 0) is 13.3 Å². The van der Waals surface area contributed by atoms with Crippen LogP contribution in [0.25, 0.3) is 5.78 Å². The number of oxime groups is 1. The molecule has 4 rings (SSSR count). The van der Waals surface area contributed by atoms with Crippen LogP contribution in [0.5, 0.6) is 0 Å². The smallest absolute Gasteiger partial charge is 0.254 e. The van der Waals surface area contributed by atoms with E-state index in [1.54, 1.807) is 6.33 Å². The quantitative estimate of drug-likeness (QED) is 0.837. The summed E-state index contributed by atoms with van der Waals surface area (Å²) >= 11 is 0. The lowest BCUT2D eigenvalue weighted by molar-refractivity contribution is 0.0509. The van der Waals surface area contributed by atoms with Crippen LogP contribution in [-0.4, -0.2) is 69.0 Å². The molecule has 8 nitrogen and oxygen atoms in total. The molecule has 0 bridgehead atoms. The van der Waals surface area contributed by atoms with Gasteiger partial charge in [0.2, 0.25) is 0 Å². The second-order valence-corrected chi connectivity index (χ2v) is 6.46. The van der Waals surface area contributed by atoms with Gasteiger partial charge >= 0.3 is 0 Å². The zero-order valence-electron chi connectivity index (χ0n) is 14.2. The molecular weight excluding hydrogens is 306 g/mol. The van der Waals surface area contributed by atoms with E-state index in [1.165, 1.54) is 5.71 Å². The molecule has 4 heterocycles. The number of hydrogen-bond donors (Lipinski definition) is 0. The number of hydrogen-bond acceptors (Lipinski definition) is 7. The van der Waals surface area contributed by atoms with Gasteiger partial charge in [-0.3, -0.25) is 4.90 Å². The zero-order valence-corrected chi connectivity index (χ0v) is 14.2. The predicted molar refractivity (Wildman–Crippen MR) is 91.4 cm³/mol. The van der Waals surface area contributed by atoms with Crippen molar-refractivity contribution in [3.05, 3.63) is 18.1 Å². The average Bonchev–Trinajstić information content (AvgIpc) is 3.23. The number of aryl methyl sites for hydroxylation is 1. The average molecular weight is 329 g/mol. The summed E-state index contributed by atoms with van der Waals surface area (Å²) in [6.45, 7) is 9.04. The molecule has 1 fully saturated rings. The van der Waals surface area contributed by atoms with E-state index in [2.05, 4.69) is 43.0 Å². The van der Waals surface area contributed by atoms with Crippen LogP contribution in [-0.2, 0) is 4.84 Å². The second kappa shape index (κ2) is 6.35. The highest BCUT2D eigenvalue weighted by molar-refractivity contribution is 5.85. The third kappa shape index (κ3) is 2.93. The summed E-state index contributed by atoms with van der Waals surface area (Å²) in [6.07, 6.45) is 3.74. The van der Waals surface area contributed by atoms with Gasteiger partial charge in [0.15, 0.2) is 0 Å². The van der Waals surface area contributed by atoms with Crippen molar-refractivity contribution < 1.29 is 4.84 Å². The molecule has 8 heteroatoms. The fraction of sp³-hybridized carbons (Fsp3) is 0.625. The van der Waals surface area contributed by atoms with Gasteiger partial charge in [0, 0.05) is 50.9 Å². The summed E-state index contributed by atoms with van der Waals surface area (Å²) in [5.41, 5.74) is 2.15. The molecule has 2 aromatic heterocycles. The van der Waals surface area contributed by atoms with Crippen molar-refractivity contribution in [1.82, 2.24) is 24.5 Å². The maximum atomic E-state index is 5.54. The molecule has 0 aromatic carbocycles. The van der Waals surface area contributed by atoms with Gasteiger partial charge in [-0.2, -0.15) is 14.6 Å². The molecule has 2 aromatic rings. The number of rotatable bonds is 4. The van der Waals surface area contributed by atoms with Crippen LogP contribution in [0, 0.1) is 6.92 Å². The van der Waals surface area contributed by atoms with Gasteiger partial charge in [-0.15, -0.1) is 0 Å². The topological polar surface area (TPSA) is 71.2 Å². The van der Waals surface area contributed by atoms with E-state index in [0.29, 0.717) is 5.78 Å². The number of piperazine rings is 1. The molecule has 2 aliphatic heterocycles. The van der Waals surface area contributed by atoms with E-state index < -0.39 is 0 Å². The second-order valence-electron chi connectivity index (χ2n) is 6.46. The lowest BCUT2D eigenvalue weighted by atomic mass is 10.1. The van der Waals surface area contributed by atoms with E-state index in [-0.39, 0.29) is 6.10 Å². The summed E-state index contributed by atoms with van der Waals surface area (Å²) < 4.78 is 1.82. The molecule has 0 amide bonds. The number of aromatic nitrogens is 4. The van der Waals surface area contributed by atoms with Gasteiger partial charge in [-0.25, -0.2) is 4.98 Å². The third-order valence-corrected chi connectivity index (χ3v) is 4.72. The molecule has 128 valence electrons. The molecule has 0 saturated carbocycles. The highest BCUT2D eigenvalue weighted by atomic mass is 16.6. The van der Waals surface area contributed by atoms with Crippen LogP contribution < -0.4 is 4.90 Å². The minimum atomic E-state index is 0.219. The molecule has 1 saturated heterocycles. The summed E-state index contributed by atoms with van der Waals surface area (Å²) in [7, 11) is 0. The highest BCUT2D eigenvalue weighted by Gasteiger charge is 2.26. The standard InChI is InChI=1S/C16H23N7O/c1-3-13-9-14(24-20-13)10-21-4-6-22(7-5-21)15-8-12(2)19-16-17-11-18-23(15)16/h8,11,14H,3-7,9-10H2,1-2H3. The first-order valence-electron chi connectivity index (χ1n) is 8.59.